The van der Waals surface area contributed by atoms with Crippen molar-refractivity contribution >= 4 is 28.4 Å². The predicted molar refractivity (Wildman–Crippen MR) is 84.3 cm³/mol. The van der Waals surface area contributed by atoms with Gasteiger partial charge in [0.2, 0.25) is 0 Å². The summed E-state index contributed by atoms with van der Waals surface area (Å²) in [6.07, 6.45) is 1.71. The van der Waals surface area contributed by atoms with Crippen LogP contribution in [0, 0.1) is 0 Å². The van der Waals surface area contributed by atoms with E-state index in [1.807, 2.05) is 30.3 Å². The average molecular weight is 317 g/mol. The van der Waals surface area contributed by atoms with Gasteiger partial charge in [0.1, 0.15) is 6.04 Å². The number of amides is 3. The number of thiazole rings is 1. The molecule has 0 spiro atoms. The second kappa shape index (κ2) is 6.12. The predicted octanol–water partition coefficient (Wildman–Crippen LogP) is 1.28. The van der Waals surface area contributed by atoms with Crippen molar-refractivity contribution in [1.29, 1.82) is 0 Å². The summed E-state index contributed by atoms with van der Waals surface area (Å²) >= 11 is 1.38. The summed E-state index contributed by atoms with van der Waals surface area (Å²) in [7, 11) is 1.74. The largest absolute Gasteiger partial charge is 0.325 e. The first-order valence-corrected chi connectivity index (χ1v) is 7.54. The molecule has 114 valence electrons. The van der Waals surface area contributed by atoms with Crippen molar-refractivity contribution in [2.24, 2.45) is 0 Å². The lowest BCUT2D eigenvalue weighted by atomic mass is 10.2. The number of anilines is 1. The Labute approximate surface area is 131 Å². The maximum Gasteiger partial charge on any atom is 0.321 e. The van der Waals surface area contributed by atoms with Gasteiger partial charge >= 0.3 is 6.03 Å². The van der Waals surface area contributed by atoms with Gasteiger partial charge in [-0.2, -0.15) is 0 Å². The number of hydrogen-bond donors (Lipinski definition) is 3. The van der Waals surface area contributed by atoms with Crippen LogP contribution in [0.2, 0.25) is 0 Å². The molecule has 0 saturated carbocycles. The molecule has 3 rings (SSSR count). The highest BCUT2D eigenvalue weighted by atomic mass is 32.1. The van der Waals surface area contributed by atoms with Crippen molar-refractivity contribution in [1.82, 2.24) is 20.7 Å². The van der Waals surface area contributed by atoms with E-state index in [1.165, 1.54) is 11.3 Å². The summed E-state index contributed by atoms with van der Waals surface area (Å²) in [5, 5.41) is 7.39. The summed E-state index contributed by atoms with van der Waals surface area (Å²) in [6, 6.07) is 8.81. The number of carbonyl (C=O) groups is 2. The molecular formula is C14H15N5O2S. The fourth-order valence-electron chi connectivity index (χ4n) is 2.14. The zero-order valence-corrected chi connectivity index (χ0v) is 12.7. The molecule has 1 atom stereocenters. The quantitative estimate of drug-likeness (QED) is 0.796. The van der Waals surface area contributed by atoms with Crippen LogP contribution in [-0.2, 0) is 4.79 Å². The second-order valence-corrected chi connectivity index (χ2v) is 5.93. The normalized spacial score (nSPS) is 18.0. The minimum atomic E-state index is -0.557. The molecular weight excluding hydrogens is 302 g/mol. The van der Waals surface area contributed by atoms with Gasteiger partial charge in [0.15, 0.2) is 5.13 Å². The van der Waals surface area contributed by atoms with Crippen LogP contribution in [0.15, 0.2) is 36.5 Å². The van der Waals surface area contributed by atoms with E-state index in [0.29, 0.717) is 11.7 Å². The Bertz CT molecular complexity index is 688. The molecule has 2 aromatic rings. The van der Waals surface area contributed by atoms with Crippen LogP contribution in [0.5, 0.6) is 0 Å². The van der Waals surface area contributed by atoms with Crippen molar-refractivity contribution < 1.29 is 9.59 Å². The zero-order valence-electron chi connectivity index (χ0n) is 11.9. The van der Waals surface area contributed by atoms with Crippen LogP contribution in [0.1, 0.15) is 0 Å². The standard InChI is InChI=1S/C14H15N5O2S/c1-19-8-10(12(20)18-19)16-13(21)17-14-15-7-11(22-14)9-5-3-2-4-6-9/h2-7,10H,8H2,1H3,(H,18,20)(H2,15,16,17,21). The van der Waals surface area contributed by atoms with Crippen molar-refractivity contribution in [3.63, 3.8) is 0 Å². The number of hydrazine groups is 1. The monoisotopic (exact) mass is 317 g/mol. The van der Waals surface area contributed by atoms with Crippen LogP contribution in [-0.4, -0.2) is 41.6 Å². The Morgan fingerprint density at radius 1 is 1.41 bits per heavy atom. The van der Waals surface area contributed by atoms with E-state index in [9.17, 15) is 9.59 Å². The topological polar surface area (TPSA) is 86.4 Å². The molecule has 0 radical (unpaired) electrons. The molecule has 1 aromatic heterocycles. The van der Waals surface area contributed by atoms with Crippen LogP contribution in [0.4, 0.5) is 9.93 Å². The highest BCUT2D eigenvalue weighted by molar-refractivity contribution is 7.19. The van der Waals surface area contributed by atoms with E-state index in [2.05, 4.69) is 21.0 Å². The lowest BCUT2D eigenvalue weighted by Crippen LogP contribution is -2.43. The van der Waals surface area contributed by atoms with Crippen molar-refractivity contribution in [2.75, 3.05) is 18.9 Å². The molecule has 7 nitrogen and oxygen atoms in total. The van der Waals surface area contributed by atoms with Gasteiger partial charge < -0.3 is 5.32 Å². The lowest BCUT2D eigenvalue weighted by molar-refractivity contribution is -0.122. The molecule has 1 aliphatic heterocycles. The van der Waals surface area contributed by atoms with Crippen LogP contribution >= 0.6 is 11.3 Å². The summed E-state index contributed by atoms with van der Waals surface area (Å²) in [4.78, 5) is 28.6. The Morgan fingerprint density at radius 3 is 2.86 bits per heavy atom. The number of nitrogens with one attached hydrogen (secondary N) is 3. The van der Waals surface area contributed by atoms with Crippen molar-refractivity contribution in [3.05, 3.63) is 36.5 Å². The molecule has 1 unspecified atom stereocenters. The summed E-state index contributed by atoms with van der Waals surface area (Å²) < 4.78 is 0. The van der Waals surface area contributed by atoms with Gasteiger partial charge in [-0.1, -0.05) is 41.7 Å². The van der Waals surface area contributed by atoms with Gasteiger partial charge in [0.05, 0.1) is 4.88 Å². The number of nitrogens with zero attached hydrogens (tertiary/aromatic N) is 2. The van der Waals surface area contributed by atoms with Crippen molar-refractivity contribution in [2.45, 2.75) is 6.04 Å². The number of benzene rings is 1. The third-order valence-corrected chi connectivity index (χ3v) is 4.13. The number of hydrogen-bond acceptors (Lipinski definition) is 5. The summed E-state index contributed by atoms with van der Waals surface area (Å²) in [6.45, 7) is 0.430. The fourth-order valence-corrected chi connectivity index (χ4v) is 2.96. The van der Waals surface area contributed by atoms with Gasteiger partial charge in [-0.15, -0.1) is 0 Å². The molecule has 8 heteroatoms. The molecule has 1 fully saturated rings. The molecule has 3 N–H and O–H groups in total. The molecule has 0 bridgehead atoms. The zero-order chi connectivity index (χ0) is 15.5. The molecule has 22 heavy (non-hydrogen) atoms. The molecule has 1 aliphatic rings. The van der Waals surface area contributed by atoms with Gasteiger partial charge in [-0.05, 0) is 5.56 Å². The lowest BCUT2D eigenvalue weighted by Gasteiger charge is -2.09. The van der Waals surface area contributed by atoms with Crippen LogP contribution in [0.25, 0.3) is 10.4 Å². The van der Waals surface area contributed by atoms with E-state index >= 15 is 0 Å². The average Bonchev–Trinajstić information content (AvgIpc) is 3.07. The van der Waals surface area contributed by atoms with E-state index < -0.39 is 12.1 Å². The van der Waals surface area contributed by atoms with Crippen LogP contribution < -0.4 is 16.1 Å². The number of carbonyl (C=O) groups excluding carboxylic acids is 2. The number of aromatic nitrogens is 1. The first kappa shape index (κ1) is 14.5. The summed E-state index contributed by atoms with van der Waals surface area (Å²) in [5.41, 5.74) is 3.65. The van der Waals surface area contributed by atoms with Gasteiger partial charge in [-0.25, -0.2) is 14.8 Å². The third-order valence-electron chi connectivity index (χ3n) is 3.16. The molecule has 2 heterocycles. The van der Waals surface area contributed by atoms with Crippen molar-refractivity contribution in [3.8, 4) is 10.4 Å². The smallest absolute Gasteiger partial charge is 0.321 e. The Hall–Kier alpha value is -2.45. The second-order valence-electron chi connectivity index (χ2n) is 4.90. The van der Waals surface area contributed by atoms with E-state index in [-0.39, 0.29) is 5.91 Å². The third kappa shape index (κ3) is 3.23. The van der Waals surface area contributed by atoms with E-state index in [1.54, 1.807) is 18.3 Å². The Kier molecular flexibility index (Phi) is 4.03. The Balaban J connectivity index is 1.61. The first-order chi connectivity index (χ1) is 10.6. The molecule has 0 aliphatic carbocycles. The highest BCUT2D eigenvalue weighted by Gasteiger charge is 2.29. The SMILES string of the molecule is CN1CC(NC(=O)Nc2ncc(-c3ccccc3)s2)C(=O)N1. The van der Waals surface area contributed by atoms with E-state index in [4.69, 9.17) is 0 Å². The highest BCUT2D eigenvalue weighted by Crippen LogP contribution is 2.28. The molecule has 1 aromatic carbocycles. The minimum absolute atomic E-state index is 0.221. The molecule has 1 saturated heterocycles. The van der Waals surface area contributed by atoms with Gasteiger partial charge in [-0.3, -0.25) is 15.5 Å². The number of likely N-dealkylation sites (N-methyl/N-ethyl adjacent to an activating group) is 1. The first-order valence-electron chi connectivity index (χ1n) is 6.72. The summed E-state index contributed by atoms with van der Waals surface area (Å²) in [5.74, 6) is -0.221. The maximum absolute atomic E-state index is 11.9. The number of rotatable bonds is 3. The van der Waals surface area contributed by atoms with Gasteiger partial charge in [0.25, 0.3) is 5.91 Å². The van der Waals surface area contributed by atoms with E-state index in [0.717, 1.165) is 10.4 Å². The van der Waals surface area contributed by atoms with Crippen LogP contribution in [0.3, 0.4) is 0 Å². The Morgan fingerprint density at radius 2 is 2.18 bits per heavy atom. The molecule has 3 amide bonds. The number of urea groups is 1. The fraction of sp³-hybridized carbons (Fsp3) is 0.214. The minimum Gasteiger partial charge on any atom is -0.325 e. The maximum atomic E-state index is 11.9. The van der Waals surface area contributed by atoms with Gasteiger partial charge in [0, 0.05) is 19.8 Å².